The zero-order valence-corrected chi connectivity index (χ0v) is 10.2. The Hall–Kier alpha value is -1.75. The number of aromatic nitrogens is 2. The van der Waals surface area contributed by atoms with Gasteiger partial charge in [-0.05, 0) is 25.1 Å². The Balaban J connectivity index is 2.54. The number of halogens is 3. The fourth-order valence-electron chi connectivity index (χ4n) is 1.63. The van der Waals surface area contributed by atoms with Crippen LogP contribution in [0, 0.1) is 11.6 Å². The molecule has 0 aliphatic heterocycles. The van der Waals surface area contributed by atoms with Crippen molar-refractivity contribution in [3.05, 3.63) is 52.3 Å². The first-order chi connectivity index (χ1) is 8.54. The smallest absolute Gasteiger partial charge is 0.215 e. The maximum absolute atomic E-state index is 13.5. The molecule has 0 unspecified atom stereocenters. The minimum atomic E-state index is -0.790. The van der Waals surface area contributed by atoms with Gasteiger partial charge in [0.15, 0.2) is 0 Å². The molecule has 6 heteroatoms. The van der Waals surface area contributed by atoms with Crippen LogP contribution in [0.3, 0.4) is 0 Å². The number of ketones is 1. The molecular weight excluding hydrogens is 262 g/mol. The van der Waals surface area contributed by atoms with Crippen LogP contribution in [0.5, 0.6) is 0 Å². The highest BCUT2D eigenvalue weighted by molar-refractivity contribution is 6.34. The molecule has 0 fully saturated rings. The molecule has 3 nitrogen and oxygen atoms in total. The summed E-state index contributed by atoms with van der Waals surface area (Å²) < 4.78 is 27.9. The first-order valence-corrected chi connectivity index (χ1v) is 5.63. The third kappa shape index (κ3) is 2.13. The lowest BCUT2D eigenvalue weighted by molar-refractivity contribution is 0.102. The van der Waals surface area contributed by atoms with E-state index in [-0.39, 0.29) is 16.3 Å². The van der Waals surface area contributed by atoms with Gasteiger partial charge >= 0.3 is 0 Å². The number of benzene rings is 1. The lowest BCUT2D eigenvalue weighted by Gasteiger charge is -2.05. The van der Waals surface area contributed by atoms with E-state index in [0.717, 1.165) is 18.2 Å². The van der Waals surface area contributed by atoms with Gasteiger partial charge in [0.05, 0.1) is 16.8 Å². The first kappa shape index (κ1) is 12.7. The van der Waals surface area contributed by atoms with Gasteiger partial charge in [0, 0.05) is 6.54 Å². The molecule has 1 heterocycles. The number of hydrogen-bond acceptors (Lipinski definition) is 2. The Morgan fingerprint density at radius 2 is 2.17 bits per heavy atom. The highest BCUT2D eigenvalue weighted by atomic mass is 35.5. The molecule has 0 N–H and O–H groups in total. The molecule has 0 amide bonds. The van der Waals surface area contributed by atoms with E-state index in [2.05, 4.69) is 5.10 Å². The molecule has 2 rings (SSSR count). The van der Waals surface area contributed by atoms with E-state index in [1.54, 1.807) is 6.92 Å². The summed E-state index contributed by atoms with van der Waals surface area (Å²) in [5, 5.41) is 4.00. The molecule has 0 atom stereocenters. The van der Waals surface area contributed by atoms with Crippen molar-refractivity contribution in [3.8, 4) is 0 Å². The Morgan fingerprint density at radius 3 is 2.83 bits per heavy atom. The van der Waals surface area contributed by atoms with Gasteiger partial charge in [-0.15, -0.1) is 0 Å². The van der Waals surface area contributed by atoms with Gasteiger partial charge in [-0.3, -0.25) is 9.48 Å². The van der Waals surface area contributed by atoms with Crippen LogP contribution in [0.25, 0.3) is 0 Å². The van der Waals surface area contributed by atoms with Gasteiger partial charge in [-0.1, -0.05) is 11.6 Å². The van der Waals surface area contributed by atoms with E-state index in [1.807, 2.05) is 0 Å². The molecule has 18 heavy (non-hydrogen) atoms. The minimum Gasteiger partial charge on any atom is -0.287 e. The van der Waals surface area contributed by atoms with E-state index >= 15 is 0 Å². The fraction of sp³-hybridized carbons (Fsp3) is 0.167. The van der Waals surface area contributed by atoms with Crippen LogP contribution < -0.4 is 0 Å². The summed E-state index contributed by atoms with van der Waals surface area (Å²) >= 11 is 5.84. The van der Waals surface area contributed by atoms with E-state index in [1.165, 1.54) is 10.9 Å². The first-order valence-electron chi connectivity index (χ1n) is 5.25. The summed E-state index contributed by atoms with van der Waals surface area (Å²) in [5.41, 5.74) is -0.296. The van der Waals surface area contributed by atoms with Crippen molar-refractivity contribution in [2.45, 2.75) is 13.5 Å². The van der Waals surface area contributed by atoms with Gasteiger partial charge in [-0.2, -0.15) is 5.10 Å². The number of carbonyl (C=O) groups excluding carboxylic acids is 1. The zero-order valence-electron chi connectivity index (χ0n) is 9.45. The number of carbonyl (C=O) groups is 1. The topological polar surface area (TPSA) is 34.9 Å². The number of hydrogen-bond donors (Lipinski definition) is 0. The average molecular weight is 271 g/mol. The van der Waals surface area contributed by atoms with Crippen LogP contribution in [0.2, 0.25) is 5.02 Å². The van der Waals surface area contributed by atoms with Crippen molar-refractivity contribution in [2.75, 3.05) is 0 Å². The Bertz CT molecular complexity index is 610. The van der Waals surface area contributed by atoms with Gasteiger partial charge in [0.25, 0.3) is 0 Å². The van der Waals surface area contributed by atoms with Crippen LogP contribution >= 0.6 is 11.6 Å². The maximum atomic E-state index is 13.5. The molecular formula is C12H9ClF2N2O. The Morgan fingerprint density at radius 1 is 1.44 bits per heavy atom. The monoisotopic (exact) mass is 270 g/mol. The molecule has 2 aromatic rings. The predicted molar refractivity (Wildman–Crippen MR) is 62.7 cm³/mol. The van der Waals surface area contributed by atoms with E-state index in [0.29, 0.717) is 6.54 Å². The molecule has 1 aromatic carbocycles. The van der Waals surface area contributed by atoms with Crippen LogP contribution in [0.1, 0.15) is 23.0 Å². The van der Waals surface area contributed by atoms with E-state index < -0.39 is 17.4 Å². The zero-order chi connectivity index (χ0) is 13.3. The summed E-state index contributed by atoms with van der Waals surface area (Å²) in [4.78, 5) is 12.1. The van der Waals surface area contributed by atoms with Gasteiger partial charge in [0.1, 0.15) is 17.3 Å². The molecule has 0 saturated heterocycles. The maximum Gasteiger partial charge on any atom is 0.215 e. The molecule has 0 spiro atoms. The minimum absolute atomic E-state index is 0.0590. The molecule has 1 aromatic heterocycles. The number of nitrogens with zero attached hydrogens (tertiary/aromatic N) is 2. The molecule has 0 bridgehead atoms. The second kappa shape index (κ2) is 4.86. The molecule has 94 valence electrons. The average Bonchev–Trinajstić information content (AvgIpc) is 2.72. The van der Waals surface area contributed by atoms with E-state index in [4.69, 9.17) is 11.6 Å². The largest absolute Gasteiger partial charge is 0.287 e. The standard InChI is InChI=1S/C12H9ClF2N2O/c1-2-17-11(9(13)6-16-17)12(18)8-5-7(14)3-4-10(8)15/h3-6H,2H2,1H3. The van der Waals surface area contributed by atoms with Gasteiger partial charge in [-0.25, -0.2) is 8.78 Å². The summed E-state index contributed by atoms with van der Waals surface area (Å²) in [7, 11) is 0. The van der Waals surface area contributed by atoms with Crippen LogP contribution in [0.15, 0.2) is 24.4 Å². The highest BCUT2D eigenvalue weighted by Gasteiger charge is 2.21. The number of rotatable bonds is 3. The summed E-state index contributed by atoms with van der Waals surface area (Å²) in [6, 6.07) is 2.70. The van der Waals surface area contributed by atoms with Gasteiger partial charge < -0.3 is 0 Å². The second-order valence-corrected chi connectivity index (χ2v) is 4.02. The normalized spacial score (nSPS) is 10.7. The third-order valence-corrected chi connectivity index (χ3v) is 2.76. The van der Waals surface area contributed by atoms with Crippen molar-refractivity contribution in [1.29, 1.82) is 0 Å². The van der Waals surface area contributed by atoms with Crippen LogP contribution in [-0.2, 0) is 6.54 Å². The van der Waals surface area contributed by atoms with Crippen molar-refractivity contribution in [2.24, 2.45) is 0 Å². The number of aryl methyl sites for hydroxylation is 1. The van der Waals surface area contributed by atoms with Crippen LogP contribution in [0.4, 0.5) is 8.78 Å². The summed E-state index contributed by atoms with van der Waals surface area (Å²) in [5.74, 6) is -2.16. The lowest BCUT2D eigenvalue weighted by atomic mass is 10.1. The Kier molecular flexibility index (Phi) is 3.43. The van der Waals surface area contributed by atoms with Crippen molar-refractivity contribution in [1.82, 2.24) is 9.78 Å². The summed E-state index contributed by atoms with van der Waals surface area (Å²) in [6.07, 6.45) is 1.30. The predicted octanol–water partition coefficient (Wildman–Crippen LogP) is 3.07. The molecule has 0 radical (unpaired) electrons. The summed E-state index contributed by atoms with van der Waals surface area (Å²) in [6.45, 7) is 2.17. The lowest BCUT2D eigenvalue weighted by Crippen LogP contribution is -2.12. The van der Waals surface area contributed by atoms with Crippen LogP contribution in [-0.4, -0.2) is 15.6 Å². The van der Waals surface area contributed by atoms with Crippen molar-refractivity contribution >= 4 is 17.4 Å². The van der Waals surface area contributed by atoms with E-state index in [9.17, 15) is 13.6 Å². The fourth-order valence-corrected chi connectivity index (χ4v) is 1.85. The SMILES string of the molecule is CCn1ncc(Cl)c1C(=O)c1cc(F)ccc1F. The van der Waals surface area contributed by atoms with Crippen molar-refractivity contribution in [3.63, 3.8) is 0 Å². The quantitative estimate of drug-likeness (QED) is 0.804. The van der Waals surface area contributed by atoms with Crippen molar-refractivity contribution < 1.29 is 13.6 Å². The molecule has 0 aliphatic rings. The highest BCUT2D eigenvalue weighted by Crippen LogP contribution is 2.21. The Labute approximate surface area is 107 Å². The second-order valence-electron chi connectivity index (χ2n) is 3.61. The third-order valence-electron chi connectivity index (χ3n) is 2.48. The molecule has 0 saturated carbocycles. The van der Waals surface area contributed by atoms with Gasteiger partial charge in [0.2, 0.25) is 5.78 Å². The molecule has 0 aliphatic carbocycles.